The molecule has 1 spiro atoms. The fourth-order valence-electron chi connectivity index (χ4n) is 4.23. The second-order valence-corrected chi connectivity index (χ2v) is 7.44. The van der Waals surface area contributed by atoms with Gasteiger partial charge in [-0.3, -0.25) is 9.78 Å². The highest BCUT2D eigenvalue weighted by Crippen LogP contribution is 2.40. The molecule has 136 valence electrons. The minimum atomic E-state index is 0.119. The van der Waals surface area contributed by atoms with E-state index in [9.17, 15) is 4.79 Å². The molecule has 4 heterocycles. The summed E-state index contributed by atoms with van der Waals surface area (Å²) < 4.78 is 0. The molecule has 26 heavy (non-hydrogen) atoms. The van der Waals surface area contributed by atoms with Crippen LogP contribution in [0.25, 0.3) is 0 Å². The minimum absolute atomic E-state index is 0.119. The summed E-state index contributed by atoms with van der Waals surface area (Å²) >= 11 is 0. The van der Waals surface area contributed by atoms with Crippen LogP contribution in [-0.4, -0.2) is 45.4 Å². The van der Waals surface area contributed by atoms with Crippen LogP contribution < -0.4 is 10.6 Å². The van der Waals surface area contributed by atoms with Gasteiger partial charge in [0.1, 0.15) is 18.0 Å². The van der Waals surface area contributed by atoms with Crippen molar-refractivity contribution in [1.82, 2.24) is 19.9 Å². The van der Waals surface area contributed by atoms with Crippen molar-refractivity contribution in [2.75, 3.05) is 30.3 Å². The number of nitrogen functional groups attached to an aromatic ring is 1. The van der Waals surface area contributed by atoms with Crippen LogP contribution in [0.15, 0.2) is 36.9 Å². The molecule has 0 radical (unpaired) electrons. The van der Waals surface area contributed by atoms with Crippen LogP contribution in [0, 0.1) is 5.41 Å². The zero-order valence-electron chi connectivity index (χ0n) is 14.8. The molecule has 7 heteroatoms. The van der Waals surface area contributed by atoms with Crippen molar-refractivity contribution in [2.45, 2.75) is 32.2 Å². The lowest BCUT2D eigenvalue weighted by Gasteiger charge is -2.48. The molecule has 2 aromatic heterocycles. The highest BCUT2D eigenvalue weighted by molar-refractivity contribution is 5.77. The smallest absolute Gasteiger partial charge is 0.222 e. The highest BCUT2D eigenvalue weighted by atomic mass is 16.2. The molecule has 2 aromatic rings. The number of pyridine rings is 1. The summed E-state index contributed by atoms with van der Waals surface area (Å²) in [5, 5.41) is 0. The zero-order chi connectivity index (χ0) is 18.0. The Morgan fingerprint density at radius 1 is 1.23 bits per heavy atom. The summed E-state index contributed by atoms with van der Waals surface area (Å²) in [6.07, 6.45) is 8.90. The molecule has 7 nitrogen and oxygen atoms in total. The molecule has 2 fully saturated rings. The highest BCUT2D eigenvalue weighted by Gasteiger charge is 2.42. The molecule has 0 saturated carbocycles. The largest absolute Gasteiger partial charge is 0.384 e. The van der Waals surface area contributed by atoms with Gasteiger partial charge in [0.15, 0.2) is 0 Å². The molecule has 0 unspecified atom stereocenters. The van der Waals surface area contributed by atoms with E-state index in [1.165, 1.54) is 6.33 Å². The second-order valence-electron chi connectivity index (χ2n) is 7.44. The third-order valence-electron chi connectivity index (χ3n) is 5.50. The number of carbonyl (C=O) groups excluding carboxylic acids is 1. The number of amides is 1. The minimum Gasteiger partial charge on any atom is -0.384 e. The average Bonchev–Trinajstić information content (AvgIpc) is 2.66. The molecular formula is C19H24N6O. The van der Waals surface area contributed by atoms with Crippen LogP contribution in [0.4, 0.5) is 11.6 Å². The standard InChI is InChI=1S/C19H24N6O/c20-16-9-17(23-14-22-16)24-8-2-5-19(12-24)6-4-18(26)25(13-19)11-15-3-1-7-21-10-15/h1,3,7,9-10,14H,2,4-6,8,11-13H2,(H2,20,22,23)/t19-/m1/s1. The predicted octanol–water partition coefficient (Wildman–Crippen LogP) is 1.86. The topological polar surface area (TPSA) is 88.2 Å². The fraction of sp³-hybridized carbons (Fsp3) is 0.474. The lowest BCUT2D eigenvalue weighted by atomic mass is 9.73. The first-order valence-corrected chi connectivity index (χ1v) is 9.13. The van der Waals surface area contributed by atoms with E-state index >= 15 is 0 Å². The monoisotopic (exact) mass is 352 g/mol. The molecule has 0 bridgehead atoms. The van der Waals surface area contributed by atoms with Gasteiger partial charge in [0.2, 0.25) is 5.91 Å². The molecule has 2 aliphatic heterocycles. The van der Waals surface area contributed by atoms with Crippen LogP contribution in [0.1, 0.15) is 31.2 Å². The summed E-state index contributed by atoms with van der Waals surface area (Å²) in [6.45, 7) is 3.29. The number of hydrogen-bond donors (Lipinski definition) is 1. The van der Waals surface area contributed by atoms with Crippen LogP contribution in [0.5, 0.6) is 0 Å². The first-order valence-electron chi connectivity index (χ1n) is 9.13. The van der Waals surface area contributed by atoms with Gasteiger partial charge in [0.25, 0.3) is 0 Å². The number of aromatic nitrogens is 3. The summed E-state index contributed by atoms with van der Waals surface area (Å²) in [6, 6.07) is 5.78. The summed E-state index contributed by atoms with van der Waals surface area (Å²) in [7, 11) is 0. The zero-order valence-corrected chi connectivity index (χ0v) is 14.8. The van der Waals surface area contributed by atoms with Crippen LogP contribution in [0.3, 0.4) is 0 Å². The lowest BCUT2D eigenvalue weighted by Crippen LogP contribution is -2.54. The number of anilines is 2. The fourth-order valence-corrected chi connectivity index (χ4v) is 4.23. The Labute approximate surface area is 153 Å². The van der Waals surface area contributed by atoms with E-state index < -0.39 is 0 Å². The van der Waals surface area contributed by atoms with E-state index in [1.807, 2.05) is 29.3 Å². The number of carbonyl (C=O) groups is 1. The maximum Gasteiger partial charge on any atom is 0.222 e. The van der Waals surface area contributed by atoms with E-state index in [-0.39, 0.29) is 11.3 Å². The van der Waals surface area contributed by atoms with Crippen molar-refractivity contribution >= 4 is 17.5 Å². The summed E-state index contributed by atoms with van der Waals surface area (Å²) in [5.74, 6) is 1.61. The Bertz CT molecular complexity index is 783. The van der Waals surface area contributed by atoms with Crippen molar-refractivity contribution in [3.05, 3.63) is 42.5 Å². The van der Waals surface area contributed by atoms with Gasteiger partial charge in [-0.1, -0.05) is 6.07 Å². The number of nitrogens with two attached hydrogens (primary N) is 1. The molecule has 2 aliphatic rings. The van der Waals surface area contributed by atoms with Crippen molar-refractivity contribution in [3.8, 4) is 0 Å². The molecule has 2 N–H and O–H groups in total. The second kappa shape index (κ2) is 6.90. The molecule has 0 aliphatic carbocycles. The van der Waals surface area contributed by atoms with Crippen molar-refractivity contribution in [2.24, 2.45) is 5.41 Å². The van der Waals surface area contributed by atoms with Gasteiger partial charge in [0, 0.05) is 56.5 Å². The van der Waals surface area contributed by atoms with Gasteiger partial charge in [-0.25, -0.2) is 9.97 Å². The molecule has 2 saturated heterocycles. The Balaban J connectivity index is 1.51. The quantitative estimate of drug-likeness (QED) is 0.907. The van der Waals surface area contributed by atoms with E-state index in [4.69, 9.17) is 5.73 Å². The molecule has 0 aromatic carbocycles. The number of piperidine rings is 2. The van der Waals surface area contributed by atoms with Gasteiger partial charge in [-0.05, 0) is 30.9 Å². The van der Waals surface area contributed by atoms with E-state index in [0.717, 1.165) is 50.3 Å². The van der Waals surface area contributed by atoms with Crippen LogP contribution in [0.2, 0.25) is 0 Å². The van der Waals surface area contributed by atoms with Crippen LogP contribution >= 0.6 is 0 Å². The van der Waals surface area contributed by atoms with Gasteiger partial charge in [-0.15, -0.1) is 0 Å². The summed E-state index contributed by atoms with van der Waals surface area (Å²) in [5.41, 5.74) is 7.02. The van der Waals surface area contributed by atoms with E-state index in [0.29, 0.717) is 18.8 Å². The normalized spacial score (nSPS) is 23.5. The Morgan fingerprint density at radius 3 is 2.96 bits per heavy atom. The van der Waals surface area contributed by atoms with E-state index in [1.54, 1.807) is 6.20 Å². The van der Waals surface area contributed by atoms with E-state index in [2.05, 4.69) is 19.9 Å². The first kappa shape index (κ1) is 16.8. The molecular weight excluding hydrogens is 328 g/mol. The Hall–Kier alpha value is -2.70. The van der Waals surface area contributed by atoms with Gasteiger partial charge in [0.05, 0.1) is 0 Å². The first-order chi connectivity index (χ1) is 12.6. The summed E-state index contributed by atoms with van der Waals surface area (Å²) in [4.78, 5) is 29.3. The van der Waals surface area contributed by atoms with Gasteiger partial charge in [-0.2, -0.15) is 0 Å². The molecule has 1 atom stereocenters. The van der Waals surface area contributed by atoms with Crippen molar-refractivity contribution in [1.29, 1.82) is 0 Å². The molecule has 1 amide bonds. The number of nitrogens with zero attached hydrogens (tertiary/aromatic N) is 5. The Kier molecular flexibility index (Phi) is 4.44. The average molecular weight is 352 g/mol. The maximum absolute atomic E-state index is 12.5. The Morgan fingerprint density at radius 2 is 2.15 bits per heavy atom. The van der Waals surface area contributed by atoms with Crippen molar-refractivity contribution in [3.63, 3.8) is 0 Å². The van der Waals surface area contributed by atoms with Gasteiger partial charge >= 0.3 is 0 Å². The lowest BCUT2D eigenvalue weighted by molar-refractivity contribution is -0.138. The number of hydrogen-bond acceptors (Lipinski definition) is 6. The van der Waals surface area contributed by atoms with Gasteiger partial charge < -0.3 is 15.5 Å². The third-order valence-corrected chi connectivity index (χ3v) is 5.50. The predicted molar refractivity (Wildman–Crippen MR) is 99.2 cm³/mol. The number of rotatable bonds is 3. The number of likely N-dealkylation sites (tertiary alicyclic amines) is 1. The SMILES string of the molecule is Nc1cc(N2CCC[C@@]3(CCC(=O)N(Cc4cccnc4)C3)C2)ncn1. The third kappa shape index (κ3) is 3.47. The van der Waals surface area contributed by atoms with Crippen molar-refractivity contribution < 1.29 is 4.79 Å². The maximum atomic E-state index is 12.5. The van der Waals surface area contributed by atoms with Crippen LogP contribution in [-0.2, 0) is 11.3 Å². The molecule has 4 rings (SSSR count).